The third kappa shape index (κ3) is 4.34. The molecular weight excluding hydrogens is 276 g/mol. The Bertz CT molecular complexity index is 274. The molecule has 0 atom stereocenters. The third-order valence-corrected chi connectivity index (χ3v) is 4.42. The van der Waals surface area contributed by atoms with Gasteiger partial charge < -0.3 is 9.68 Å². The standard InChI is InChI=1S/C10H16N2O4S2/c13-9(15-11-1-5-17-6-2-11)10(14)16-12-3-7-18-8-4-12/h1-8H2. The number of rotatable bonds is 2. The van der Waals surface area contributed by atoms with Crippen molar-refractivity contribution in [2.45, 2.75) is 0 Å². The summed E-state index contributed by atoms with van der Waals surface area (Å²) in [6, 6.07) is 0. The molecule has 8 heteroatoms. The molecule has 0 aromatic rings. The van der Waals surface area contributed by atoms with E-state index in [-0.39, 0.29) is 0 Å². The molecule has 0 unspecified atom stereocenters. The van der Waals surface area contributed by atoms with Crippen LogP contribution in [-0.4, -0.2) is 71.3 Å². The van der Waals surface area contributed by atoms with Gasteiger partial charge in [-0.2, -0.15) is 23.5 Å². The van der Waals surface area contributed by atoms with Crippen LogP contribution in [0.15, 0.2) is 0 Å². The third-order valence-electron chi connectivity index (χ3n) is 2.53. The summed E-state index contributed by atoms with van der Waals surface area (Å²) in [5.41, 5.74) is 0. The van der Waals surface area contributed by atoms with Gasteiger partial charge in [-0.25, -0.2) is 9.59 Å². The lowest BCUT2D eigenvalue weighted by molar-refractivity contribution is -0.216. The highest BCUT2D eigenvalue weighted by Crippen LogP contribution is 2.11. The summed E-state index contributed by atoms with van der Waals surface area (Å²) in [7, 11) is 0. The van der Waals surface area contributed by atoms with Crippen LogP contribution >= 0.6 is 23.5 Å². The van der Waals surface area contributed by atoms with Crippen molar-refractivity contribution in [3.05, 3.63) is 0 Å². The summed E-state index contributed by atoms with van der Waals surface area (Å²) < 4.78 is 0. The van der Waals surface area contributed by atoms with E-state index in [4.69, 9.17) is 9.68 Å². The van der Waals surface area contributed by atoms with E-state index < -0.39 is 11.9 Å². The molecule has 2 saturated heterocycles. The van der Waals surface area contributed by atoms with Gasteiger partial charge in [0.2, 0.25) is 0 Å². The van der Waals surface area contributed by atoms with Crippen LogP contribution in [0, 0.1) is 0 Å². The number of hydrogen-bond donors (Lipinski definition) is 0. The maximum atomic E-state index is 11.5. The smallest absolute Gasteiger partial charge is 0.359 e. The van der Waals surface area contributed by atoms with E-state index in [1.807, 2.05) is 0 Å². The molecule has 0 saturated carbocycles. The summed E-state index contributed by atoms with van der Waals surface area (Å²) in [5, 5.41) is 3.04. The molecule has 0 radical (unpaired) electrons. The van der Waals surface area contributed by atoms with Gasteiger partial charge in [-0.1, -0.05) is 0 Å². The van der Waals surface area contributed by atoms with Gasteiger partial charge in [0.25, 0.3) is 0 Å². The molecular formula is C10H16N2O4S2. The molecule has 102 valence electrons. The highest BCUT2D eigenvalue weighted by molar-refractivity contribution is 7.99. The fourth-order valence-corrected chi connectivity index (χ4v) is 3.32. The first kappa shape index (κ1) is 14.0. The maximum absolute atomic E-state index is 11.5. The minimum atomic E-state index is -0.930. The fraction of sp³-hybridized carbons (Fsp3) is 0.800. The average molecular weight is 292 g/mol. The molecule has 2 fully saturated rings. The van der Waals surface area contributed by atoms with E-state index >= 15 is 0 Å². The molecule has 2 heterocycles. The summed E-state index contributed by atoms with van der Waals surface area (Å²) in [4.78, 5) is 33.0. The molecule has 2 rings (SSSR count). The van der Waals surface area contributed by atoms with Crippen LogP contribution in [0.3, 0.4) is 0 Å². The zero-order valence-electron chi connectivity index (χ0n) is 10.0. The van der Waals surface area contributed by atoms with Crippen molar-refractivity contribution in [3.63, 3.8) is 0 Å². The average Bonchev–Trinajstić information content (AvgIpc) is 2.41. The lowest BCUT2D eigenvalue weighted by Crippen LogP contribution is -2.41. The molecule has 0 spiro atoms. The molecule has 0 N–H and O–H groups in total. The van der Waals surface area contributed by atoms with Crippen molar-refractivity contribution >= 4 is 35.5 Å². The number of carbonyl (C=O) groups is 2. The van der Waals surface area contributed by atoms with Gasteiger partial charge in [0.1, 0.15) is 0 Å². The zero-order chi connectivity index (χ0) is 12.8. The van der Waals surface area contributed by atoms with Crippen molar-refractivity contribution in [2.24, 2.45) is 0 Å². The normalized spacial score (nSPS) is 22.4. The van der Waals surface area contributed by atoms with Gasteiger partial charge in [-0.15, -0.1) is 10.1 Å². The van der Waals surface area contributed by atoms with Gasteiger partial charge >= 0.3 is 11.9 Å². The van der Waals surface area contributed by atoms with Crippen molar-refractivity contribution in [1.29, 1.82) is 0 Å². The van der Waals surface area contributed by atoms with Gasteiger partial charge in [0.15, 0.2) is 0 Å². The van der Waals surface area contributed by atoms with Crippen LogP contribution in [0.4, 0.5) is 0 Å². The van der Waals surface area contributed by atoms with E-state index in [1.54, 1.807) is 23.5 Å². The first-order chi connectivity index (χ1) is 8.75. The van der Waals surface area contributed by atoms with Crippen molar-refractivity contribution < 1.29 is 19.3 Å². The van der Waals surface area contributed by atoms with Crippen LogP contribution in [-0.2, 0) is 19.3 Å². The lowest BCUT2D eigenvalue weighted by atomic mass is 10.6. The first-order valence-electron chi connectivity index (χ1n) is 5.85. The van der Waals surface area contributed by atoms with Crippen molar-refractivity contribution in [3.8, 4) is 0 Å². The largest absolute Gasteiger partial charge is 0.438 e. The van der Waals surface area contributed by atoms with E-state index in [0.717, 1.165) is 23.0 Å². The molecule has 0 aromatic carbocycles. The van der Waals surface area contributed by atoms with E-state index in [0.29, 0.717) is 26.2 Å². The van der Waals surface area contributed by atoms with Crippen molar-refractivity contribution in [2.75, 3.05) is 49.2 Å². The summed E-state index contributed by atoms with van der Waals surface area (Å²) in [5.74, 6) is 1.77. The molecule has 0 bridgehead atoms. The first-order valence-corrected chi connectivity index (χ1v) is 8.16. The quantitative estimate of drug-likeness (QED) is 0.659. The lowest BCUT2D eigenvalue weighted by Gasteiger charge is -2.26. The molecule has 2 aliphatic heterocycles. The summed E-state index contributed by atoms with van der Waals surface area (Å²) in [6.07, 6.45) is 0. The Morgan fingerprint density at radius 1 is 0.722 bits per heavy atom. The Morgan fingerprint density at radius 3 is 1.39 bits per heavy atom. The monoisotopic (exact) mass is 292 g/mol. The number of thioether (sulfide) groups is 2. The van der Waals surface area contributed by atoms with E-state index in [9.17, 15) is 9.59 Å². The molecule has 0 amide bonds. The zero-order valence-corrected chi connectivity index (χ0v) is 11.6. The SMILES string of the molecule is O=C(ON1CCSCC1)C(=O)ON1CCSCC1. The predicted molar refractivity (Wildman–Crippen MR) is 70.0 cm³/mol. The summed E-state index contributed by atoms with van der Waals surface area (Å²) in [6.45, 7) is 2.63. The topological polar surface area (TPSA) is 59.1 Å². The number of carbonyl (C=O) groups excluding carboxylic acids is 2. The van der Waals surface area contributed by atoms with Gasteiger partial charge in [0.05, 0.1) is 0 Å². The second-order valence-corrected chi connectivity index (χ2v) is 6.29. The Hall–Kier alpha value is -0.440. The minimum absolute atomic E-state index is 0.657. The van der Waals surface area contributed by atoms with Crippen LogP contribution < -0.4 is 0 Å². The van der Waals surface area contributed by atoms with Crippen molar-refractivity contribution in [1.82, 2.24) is 10.1 Å². The molecule has 18 heavy (non-hydrogen) atoms. The van der Waals surface area contributed by atoms with E-state index in [1.165, 1.54) is 10.1 Å². The molecule has 0 aliphatic carbocycles. The van der Waals surface area contributed by atoms with E-state index in [2.05, 4.69) is 0 Å². The predicted octanol–water partition coefficient (Wildman–Crippen LogP) is 0.000400. The van der Waals surface area contributed by atoms with Crippen LogP contribution in [0.1, 0.15) is 0 Å². The molecule has 0 aromatic heterocycles. The van der Waals surface area contributed by atoms with Gasteiger partial charge in [0, 0.05) is 49.2 Å². The molecule has 6 nitrogen and oxygen atoms in total. The number of nitrogens with zero attached hydrogens (tertiary/aromatic N) is 2. The Labute approximate surface area is 114 Å². The number of hydroxylamine groups is 4. The second-order valence-electron chi connectivity index (χ2n) is 3.84. The fourth-order valence-electron chi connectivity index (χ4n) is 1.58. The Kier molecular flexibility index (Phi) is 5.61. The minimum Gasteiger partial charge on any atom is -0.359 e. The molecule has 2 aliphatic rings. The number of hydrogen-bond acceptors (Lipinski definition) is 8. The van der Waals surface area contributed by atoms with Gasteiger partial charge in [-0.3, -0.25) is 0 Å². The Balaban J connectivity index is 1.71. The summed E-state index contributed by atoms with van der Waals surface area (Å²) >= 11 is 3.61. The second kappa shape index (κ2) is 7.22. The maximum Gasteiger partial charge on any atom is 0.438 e. The van der Waals surface area contributed by atoms with Crippen LogP contribution in [0.5, 0.6) is 0 Å². The van der Waals surface area contributed by atoms with Crippen LogP contribution in [0.2, 0.25) is 0 Å². The highest BCUT2D eigenvalue weighted by atomic mass is 32.2. The highest BCUT2D eigenvalue weighted by Gasteiger charge is 2.26. The Morgan fingerprint density at radius 2 is 1.06 bits per heavy atom. The van der Waals surface area contributed by atoms with Gasteiger partial charge in [-0.05, 0) is 0 Å². The van der Waals surface area contributed by atoms with Crippen LogP contribution in [0.25, 0.3) is 0 Å².